The fourth-order valence-corrected chi connectivity index (χ4v) is 1.89. The molecule has 0 atom stereocenters. The molecule has 0 unspecified atom stereocenters. The van der Waals surface area contributed by atoms with E-state index in [9.17, 15) is 13.6 Å². The van der Waals surface area contributed by atoms with Crippen LogP contribution in [0.4, 0.5) is 8.78 Å². The molecule has 2 aromatic rings. The van der Waals surface area contributed by atoms with E-state index in [-0.39, 0.29) is 11.4 Å². The van der Waals surface area contributed by atoms with Crippen LogP contribution in [0, 0.1) is 6.92 Å². The Labute approximate surface area is 136 Å². The highest BCUT2D eigenvalue weighted by molar-refractivity contribution is 5.84. The fourth-order valence-electron chi connectivity index (χ4n) is 1.89. The number of hydrogen-bond donors (Lipinski definition) is 1. The number of rotatable bonds is 6. The summed E-state index contributed by atoms with van der Waals surface area (Å²) >= 11 is 0. The molecule has 0 bridgehead atoms. The average Bonchev–Trinajstić information content (AvgIpc) is 2.98. The van der Waals surface area contributed by atoms with E-state index >= 15 is 0 Å². The maximum atomic E-state index is 13.3. The first-order valence-electron chi connectivity index (χ1n) is 6.91. The zero-order chi connectivity index (χ0) is 17.9. The first-order valence-corrected chi connectivity index (χ1v) is 6.91. The van der Waals surface area contributed by atoms with Gasteiger partial charge in [-0.3, -0.25) is 0 Å². The second kappa shape index (κ2) is 6.69. The van der Waals surface area contributed by atoms with Gasteiger partial charge in [0.1, 0.15) is 17.7 Å². The third kappa shape index (κ3) is 3.89. The minimum atomic E-state index is -3.05. The standard InChI is InChI=1S/C16H16F2N2O4/c1-10-4-5-11(20-7-6-14(19-20)16(2,17)18)8-12(10)24-13(9-23-3)15(21)22/h4-9H,1-3H3,(H,21,22)/b13-9-. The molecular weight excluding hydrogens is 322 g/mol. The summed E-state index contributed by atoms with van der Waals surface area (Å²) in [5.41, 5.74) is 0.750. The Bertz CT molecular complexity index is 779. The van der Waals surface area contributed by atoms with Gasteiger partial charge >= 0.3 is 5.97 Å². The number of aromatic nitrogens is 2. The molecule has 0 aliphatic carbocycles. The molecule has 1 heterocycles. The molecule has 0 radical (unpaired) electrons. The monoisotopic (exact) mass is 338 g/mol. The van der Waals surface area contributed by atoms with Crippen molar-refractivity contribution in [3.63, 3.8) is 0 Å². The van der Waals surface area contributed by atoms with Crippen LogP contribution in [0.1, 0.15) is 18.2 Å². The van der Waals surface area contributed by atoms with Gasteiger partial charge in [-0.05, 0) is 24.6 Å². The van der Waals surface area contributed by atoms with E-state index in [1.54, 1.807) is 19.1 Å². The van der Waals surface area contributed by atoms with Gasteiger partial charge in [0, 0.05) is 19.2 Å². The summed E-state index contributed by atoms with van der Waals surface area (Å²) in [5.74, 6) is -4.50. The van der Waals surface area contributed by atoms with Crippen LogP contribution in [0.5, 0.6) is 5.75 Å². The minimum Gasteiger partial charge on any atom is -0.500 e. The van der Waals surface area contributed by atoms with Crippen molar-refractivity contribution in [3.05, 3.63) is 53.7 Å². The van der Waals surface area contributed by atoms with Crippen LogP contribution in [-0.4, -0.2) is 28.0 Å². The van der Waals surface area contributed by atoms with E-state index in [0.717, 1.165) is 13.2 Å². The Morgan fingerprint density at radius 3 is 2.62 bits per heavy atom. The van der Waals surface area contributed by atoms with Crippen molar-refractivity contribution in [1.29, 1.82) is 0 Å². The number of hydrogen-bond acceptors (Lipinski definition) is 4. The largest absolute Gasteiger partial charge is 0.500 e. The Balaban J connectivity index is 2.36. The lowest BCUT2D eigenvalue weighted by Crippen LogP contribution is -2.10. The topological polar surface area (TPSA) is 73.6 Å². The third-order valence-electron chi connectivity index (χ3n) is 3.13. The highest BCUT2D eigenvalue weighted by atomic mass is 19.3. The summed E-state index contributed by atoms with van der Waals surface area (Å²) in [5, 5.41) is 12.9. The van der Waals surface area contributed by atoms with Gasteiger partial charge in [-0.25, -0.2) is 9.48 Å². The van der Waals surface area contributed by atoms with Gasteiger partial charge < -0.3 is 14.6 Å². The van der Waals surface area contributed by atoms with E-state index in [1.807, 2.05) is 0 Å². The number of alkyl halides is 2. The molecule has 1 aromatic carbocycles. The molecule has 8 heteroatoms. The number of carboxylic acids is 1. The molecule has 0 amide bonds. The van der Waals surface area contributed by atoms with Crippen LogP contribution >= 0.6 is 0 Å². The van der Waals surface area contributed by atoms with E-state index in [0.29, 0.717) is 11.3 Å². The molecule has 0 spiro atoms. The highest BCUT2D eigenvalue weighted by Gasteiger charge is 2.27. The first kappa shape index (κ1) is 17.5. The summed E-state index contributed by atoms with van der Waals surface area (Å²) in [7, 11) is 1.30. The quantitative estimate of drug-likeness (QED) is 0.646. The van der Waals surface area contributed by atoms with Crippen molar-refractivity contribution in [2.24, 2.45) is 0 Å². The summed E-state index contributed by atoms with van der Waals surface area (Å²) in [4.78, 5) is 11.1. The second-order valence-electron chi connectivity index (χ2n) is 5.11. The maximum absolute atomic E-state index is 13.3. The number of carbonyl (C=O) groups is 1. The number of aryl methyl sites for hydroxylation is 1. The molecular formula is C16H16F2N2O4. The molecule has 0 saturated carbocycles. The number of ether oxygens (including phenoxy) is 2. The van der Waals surface area contributed by atoms with Gasteiger partial charge in [0.2, 0.25) is 5.76 Å². The summed E-state index contributed by atoms with van der Waals surface area (Å²) in [6.45, 7) is 2.48. The molecule has 0 aliphatic rings. The molecule has 6 nitrogen and oxygen atoms in total. The molecule has 1 aromatic heterocycles. The van der Waals surface area contributed by atoms with Gasteiger partial charge in [0.15, 0.2) is 0 Å². The van der Waals surface area contributed by atoms with Crippen molar-refractivity contribution in [2.45, 2.75) is 19.8 Å². The van der Waals surface area contributed by atoms with Crippen LogP contribution < -0.4 is 4.74 Å². The Kier molecular flexibility index (Phi) is 4.87. The van der Waals surface area contributed by atoms with E-state index in [4.69, 9.17) is 9.84 Å². The van der Waals surface area contributed by atoms with Gasteiger partial charge in [-0.1, -0.05) is 6.07 Å². The molecule has 2 rings (SSSR count). The van der Waals surface area contributed by atoms with Crippen molar-refractivity contribution >= 4 is 5.97 Å². The van der Waals surface area contributed by atoms with Crippen LogP contribution in [0.15, 0.2) is 42.5 Å². The maximum Gasteiger partial charge on any atom is 0.375 e. The fraction of sp³-hybridized carbons (Fsp3) is 0.250. The Morgan fingerprint density at radius 1 is 1.38 bits per heavy atom. The minimum absolute atomic E-state index is 0.249. The SMILES string of the molecule is CO/C=C(\Oc1cc(-n2ccc(C(C)(F)F)n2)ccc1C)C(=O)O. The lowest BCUT2D eigenvalue weighted by atomic mass is 10.2. The van der Waals surface area contributed by atoms with Crippen LogP contribution in [0.2, 0.25) is 0 Å². The molecule has 0 fully saturated rings. The molecule has 1 N–H and O–H groups in total. The van der Waals surface area contributed by atoms with Crippen molar-refractivity contribution < 1.29 is 28.2 Å². The molecule has 128 valence electrons. The number of methoxy groups -OCH3 is 1. The second-order valence-corrected chi connectivity index (χ2v) is 5.11. The number of aliphatic carboxylic acids is 1. The van der Waals surface area contributed by atoms with Crippen molar-refractivity contribution in [2.75, 3.05) is 7.11 Å². The summed E-state index contributed by atoms with van der Waals surface area (Å²) < 4.78 is 37.8. The zero-order valence-electron chi connectivity index (χ0n) is 13.3. The van der Waals surface area contributed by atoms with Crippen molar-refractivity contribution in [1.82, 2.24) is 9.78 Å². The van der Waals surface area contributed by atoms with E-state index in [1.165, 1.54) is 30.1 Å². The Morgan fingerprint density at radius 2 is 2.08 bits per heavy atom. The van der Waals surface area contributed by atoms with Gasteiger partial charge in [0.05, 0.1) is 12.8 Å². The smallest absolute Gasteiger partial charge is 0.375 e. The van der Waals surface area contributed by atoms with Crippen LogP contribution in [-0.2, 0) is 15.5 Å². The zero-order valence-corrected chi connectivity index (χ0v) is 13.3. The molecule has 24 heavy (non-hydrogen) atoms. The summed E-state index contributed by atoms with van der Waals surface area (Å²) in [6, 6.07) is 6.05. The van der Waals surface area contributed by atoms with Crippen LogP contribution in [0.3, 0.4) is 0 Å². The summed E-state index contributed by atoms with van der Waals surface area (Å²) in [6.07, 6.45) is 2.35. The normalized spacial score (nSPS) is 12.1. The van der Waals surface area contributed by atoms with Crippen LogP contribution in [0.25, 0.3) is 5.69 Å². The first-order chi connectivity index (χ1) is 11.2. The average molecular weight is 338 g/mol. The number of nitrogens with zero attached hydrogens (tertiary/aromatic N) is 2. The van der Waals surface area contributed by atoms with E-state index < -0.39 is 17.7 Å². The molecule has 0 aliphatic heterocycles. The highest BCUT2D eigenvalue weighted by Crippen LogP contribution is 2.27. The third-order valence-corrected chi connectivity index (χ3v) is 3.13. The Hall–Kier alpha value is -2.90. The van der Waals surface area contributed by atoms with Gasteiger partial charge in [-0.15, -0.1) is 0 Å². The number of halogens is 2. The van der Waals surface area contributed by atoms with Gasteiger partial charge in [-0.2, -0.15) is 13.9 Å². The lowest BCUT2D eigenvalue weighted by molar-refractivity contribution is -0.135. The number of benzene rings is 1. The number of carboxylic acid groups (broad SMARTS) is 1. The molecule has 0 saturated heterocycles. The van der Waals surface area contributed by atoms with Gasteiger partial charge in [0.25, 0.3) is 5.92 Å². The lowest BCUT2D eigenvalue weighted by Gasteiger charge is -2.11. The predicted molar refractivity (Wildman–Crippen MR) is 81.2 cm³/mol. The van der Waals surface area contributed by atoms with E-state index in [2.05, 4.69) is 9.84 Å². The predicted octanol–water partition coefficient (Wildman–Crippen LogP) is 3.24. The van der Waals surface area contributed by atoms with Crippen molar-refractivity contribution in [3.8, 4) is 11.4 Å².